The summed E-state index contributed by atoms with van der Waals surface area (Å²) < 4.78 is 5.87. The first-order valence-corrected chi connectivity index (χ1v) is 10.9. The quantitative estimate of drug-likeness (QED) is 0.683. The van der Waals surface area contributed by atoms with Gasteiger partial charge in [0, 0.05) is 32.6 Å². The largest absolute Gasteiger partial charge is 0.457 e. The van der Waals surface area contributed by atoms with Gasteiger partial charge in [-0.1, -0.05) is 30.3 Å². The van der Waals surface area contributed by atoms with Crippen molar-refractivity contribution < 1.29 is 4.74 Å². The number of fused-ring (bicyclic) bond motifs is 1. The van der Waals surface area contributed by atoms with Gasteiger partial charge < -0.3 is 9.72 Å². The number of aromatic nitrogens is 2. The van der Waals surface area contributed by atoms with E-state index in [-0.39, 0.29) is 5.56 Å². The Balaban J connectivity index is 1.26. The standard InChI is InChI=1S/C25H26N4O2/c30-25-21-17-29(15-13-22(21)27-24(28-25)23-8-4-5-14-26-23)16-18-9-11-20(12-10-18)31-19-6-2-1-3-7-19/h1-3,6-7,9-12H,4-5,8,13-17H2,(H,27,28,30). The Kier molecular flexibility index (Phi) is 5.63. The van der Waals surface area contributed by atoms with Crippen LogP contribution in [-0.2, 0) is 19.5 Å². The number of benzene rings is 2. The van der Waals surface area contributed by atoms with Gasteiger partial charge in [0.2, 0.25) is 0 Å². The molecular weight excluding hydrogens is 388 g/mol. The average molecular weight is 415 g/mol. The van der Waals surface area contributed by atoms with E-state index < -0.39 is 0 Å². The van der Waals surface area contributed by atoms with E-state index in [1.807, 2.05) is 42.5 Å². The Morgan fingerprint density at radius 3 is 2.55 bits per heavy atom. The van der Waals surface area contributed by atoms with Crippen molar-refractivity contribution in [1.82, 2.24) is 14.9 Å². The van der Waals surface area contributed by atoms with Crippen LogP contribution in [0.2, 0.25) is 0 Å². The molecule has 2 aromatic carbocycles. The van der Waals surface area contributed by atoms with E-state index in [1.165, 1.54) is 5.56 Å². The lowest BCUT2D eigenvalue weighted by atomic mass is 10.0. The van der Waals surface area contributed by atoms with E-state index in [9.17, 15) is 4.79 Å². The molecule has 0 atom stereocenters. The van der Waals surface area contributed by atoms with E-state index in [4.69, 9.17) is 9.72 Å². The van der Waals surface area contributed by atoms with Gasteiger partial charge in [-0.15, -0.1) is 0 Å². The fraction of sp³-hybridized carbons (Fsp3) is 0.320. The van der Waals surface area contributed by atoms with Gasteiger partial charge in [-0.3, -0.25) is 14.7 Å². The molecule has 0 bridgehead atoms. The van der Waals surface area contributed by atoms with Crippen molar-refractivity contribution in [1.29, 1.82) is 0 Å². The Hall–Kier alpha value is -3.25. The third-order valence-electron chi connectivity index (χ3n) is 5.85. The summed E-state index contributed by atoms with van der Waals surface area (Å²) in [5.41, 5.74) is 3.84. The van der Waals surface area contributed by atoms with Crippen LogP contribution in [0.4, 0.5) is 0 Å². The molecular formula is C25H26N4O2. The number of aliphatic imine (C=N–C) groups is 1. The number of aromatic amines is 1. The van der Waals surface area contributed by atoms with E-state index in [2.05, 4.69) is 27.0 Å². The second kappa shape index (κ2) is 8.86. The fourth-order valence-corrected chi connectivity index (χ4v) is 4.19. The molecule has 0 radical (unpaired) electrons. The van der Waals surface area contributed by atoms with E-state index >= 15 is 0 Å². The summed E-state index contributed by atoms with van der Waals surface area (Å²) in [6.07, 6.45) is 3.92. The van der Waals surface area contributed by atoms with Crippen LogP contribution in [0.1, 0.15) is 41.9 Å². The fourth-order valence-electron chi connectivity index (χ4n) is 4.19. The molecule has 6 heteroatoms. The molecule has 1 aromatic heterocycles. The smallest absolute Gasteiger partial charge is 0.255 e. The first-order chi connectivity index (χ1) is 15.2. The molecule has 0 saturated heterocycles. The molecule has 0 saturated carbocycles. The Morgan fingerprint density at radius 2 is 1.77 bits per heavy atom. The third-order valence-corrected chi connectivity index (χ3v) is 5.85. The zero-order chi connectivity index (χ0) is 21.0. The van der Waals surface area contributed by atoms with E-state index in [0.29, 0.717) is 12.4 Å². The van der Waals surface area contributed by atoms with Crippen LogP contribution in [-0.4, -0.2) is 33.7 Å². The van der Waals surface area contributed by atoms with E-state index in [1.54, 1.807) is 0 Å². The number of hydrogen-bond donors (Lipinski definition) is 1. The van der Waals surface area contributed by atoms with Gasteiger partial charge in [0.05, 0.1) is 17.0 Å². The Bertz CT molecular complexity index is 1140. The van der Waals surface area contributed by atoms with Crippen molar-refractivity contribution in [2.24, 2.45) is 4.99 Å². The molecule has 2 aliphatic heterocycles. The monoisotopic (exact) mass is 414 g/mol. The molecule has 2 aliphatic rings. The predicted octanol–water partition coefficient (Wildman–Crippen LogP) is 4.09. The normalized spacial score (nSPS) is 16.5. The summed E-state index contributed by atoms with van der Waals surface area (Å²) in [5, 5.41) is 0. The zero-order valence-corrected chi connectivity index (χ0v) is 17.5. The molecule has 0 unspecified atom stereocenters. The van der Waals surface area contributed by atoms with Crippen LogP contribution in [0.5, 0.6) is 11.5 Å². The van der Waals surface area contributed by atoms with Crippen molar-refractivity contribution >= 4 is 5.71 Å². The molecule has 0 aliphatic carbocycles. The summed E-state index contributed by atoms with van der Waals surface area (Å²) in [6, 6.07) is 17.9. The summed E-state index contributed by atoms with van der Waals surface area (Å²) in [7, 11) is 0. The molecule has 3 aromatic rings. The molecule has 1 N–H and O–H groups in total. The van der Waals surface area contributed by atoms with Gasteiger partial charge in [0.15, 0.2) is 5.82 Å². The molecule has 0 fully saturated rings. The van der Waals surface area contributed by atoms with Crippen LogP contribution in [0.15, 0.2) is 64.4 Å². The maximum Gasteiger partial charge on any atom is 0.255 e. The molecule has 6 nitrogen and oxygen atoms in total. The van der Waals surface area contributed by atoms with Gasteiger partial charge in [-0.25, -0.2) is 4.98 Å². The minimum Gasteiger partial charge on any atom is -0.457 e. The lowest BCUT2D eigenvalue weighted by molar-refractivity contribution is 0.241. The highest BCUT2D eigenvalue weighted by atomic mass is 16.5. The number of ether oxygens (including phenoxy) is 1. The van der Waals surface area contributed by atoms with Crippen molar-refractivity contribution in [3.8, 4) is 11.5 Å². The summed E-state index contributed by atoms with van der Waals surface area (Å²) in [5.74, 6) is 2.32. The second-order valence-corrected chi connectivity index (χ2v) is 8.15. The van der Waals surface area contributed by atoms with Crippen LogP contribution in [0.3, 0.4) is 0 Å². The number of H-pyrrole nitrogens is 1. The van der Waals surface area contributed by atoms with Crippen LogP contribution < -0.4 is 10.3 Å². The lowest BCUT2D eigenvalue weighted by Crippen LogP contribution is -2.36. The molecule has 3 heterocycles. The highest BCUT2D eigenvalue weighted by Gasteiger charge is 2.22. The van der Waals surface area contributed by atoms with Crippen LogP contribution in [0, 0.1) is 0 Å². The first-order valence-electron chi connectivity index (χ1n) is 10.9. The maximum absolute atomic E-state index is 12.7. The average Bonchev–Trinajstić information content (AvgIpc) is 2.82. The SMILES string of the molecule is O=c1[nH]c(C2=NCCCC2)nc2c1CN(Cc1ccc(Oc3ccccc3)cc1)CC2. The lowest BCUT2D eigenvalue weighted by Gasteiger charge is -2.28. The number of hydrogen-bond acceptors (Lipinski definition) is 5. The van der Waals surface area contributed by atoms with Crippen molar-refractivity contribution in [3.63, 3.8) is 0 Å². The molecule has 31 heavy (non-hydrogen) atoms. The van der Waals surface area contributed by atoms with Gasteiger partial charge in [0.1, 0.15) is 11.5 Å². The molecule has 158 valence electrons. The molecule has 0 spiro atoms. The minimum absolute atomic E-state index is 0.0235. The highest BCUT2D eigenvalue weighted by Crippen LogP contribution is 2.23. The van der Waals surface area contributed by atoms with Crippen LogP contribution in [0.25, 0.3) is 0 Å². The first kappa shape index (κ1) is 19.7. The van der Waals surface area contributed by atoms with Crippen molar-refractivity contribution in [2.45, 2.75) is 38.8 Å². The molecule has 0 amide bonds. The highest BCUT2D eigenvalue weighted by molar-refractivity contribution is 5.97. The van der Waals surface area contributed by atoms with Gasteiger partial charge >= 0.3 is 0 Å². The molecule has 5 rings (SSSR count). The second-order valence-electron chi connectivity index (χ2n) is 8.15. The summed E-state index contributed by atoms with van der Waals surface area (Å²) in [4.78, 5) is 27.3. The van der Waals surface area contributed by atoms with E-state index in [0.717, 1.165) is 73.8 Å². The predicted molar refractivity (Wildman–Crippen MR) is 121 cm³/mol. The number of para-hydroxylation sites is 1. The number of rotatable bonds is 5. The Labute approximate surface area is 181 Å². The van der Waals surface area contributed by atoms with Gasteiger partial charge in [-0.2, -0.15) is 0 Å². The van der Waals surface area contributed by atoms with Crippen LogP contribution >= 0.6 is 0 Å². The van der Waals surface area contributed by atoms with Gasteiger partial charge in [-0.05, 0) is 49.1 Å². The zero-order valence-electron chi connectivity index (χ0n) is 17.5. The summed E-state index contributed by atoms with van der Waals surface area (Å²) in [6.45, 7) is 3.13. The number of nitrogens with one attached hydrogen (secondary N) is 1. The van der Waals surface area contributed by atoms with Gasteiger partial charge in [0.25, 0.3) is 5.56 Å². The number of nitrogens with zero attached hydrogens (tertiary/aromatic N) is 3. The minimum atomic E-state index is -0.0235. The summed E-state index contributed by atoms with van der Waals surface area (Å²) >= 11 is 0. The van der Waals surface area contributed by atoms with Crippen molar-refractivity contribution in [3.05, 3.63) is 87.6 Å². The third kappa shape index (κ3) is 4.59. The Morgan fingerprint density at radius 1 is 0.968 bits per heavy atom. The topological polar surface area (TPSA) is 70.6 Å². The maximum atomic E-state index is 12.7. The van der Waals surface area contributed by atoms with Crippen molar-refractivity contribution in [2.75, 3.05) is 13.1 Å².